The van der Waals surface area contributed by atoms with Gasteiger partial charge in [-0.15, -0.1) is 0 Å². The second-order valence-electron chi connectivity index (χ2n) is 6.52. The molecule has 0 aliphatic rings. The van der Waals surface area contributed by atoms with Crippen molar-refractivity contribution in [3.05, 3.63) is 82.8 Å². The third-order valence-electron chi connectivity index (χ3n) is 4.52. The van der Waals surface area contributed by atoms with E-state index in [1.807, 2.05) is 25.4 Å². The number of H-pyrrole nitrogens is 1. The van der Waals surface area contributed by atoms with Crippen LogP contribution < -0.4 is 4.74 Å². The Labute approximate surface area is 156 Å². The summed E-state index contributed by atoms with van der Waals surface area (Å²) < 4.78 is 19.9. The Bertz CT molecular complexity index is 1110. The molecule has 4 rings (SSSR count). The molecule has 27 heavy (non-hydrogen) atoms. The van der Waals surface area contributed by atoms with E-state index in [1.165, 1.54) is 0 Å². The smallest absolute Gasteiger partial charge is 0.216 e. The topological polar surface area (TPSA) is 63.7 Å². The molecule has 0 aromatic carbocycles. The van der Waals surface area contributed by atoms with Gasteiger partial charge in [0.05, 0.1) is 12.8 Å². The third-order valence-corrected chi connectivity index (χ3v) is 4.52. The number of aromatic amines is 1. The molecule has 0 fully saturated rings. The standard InChI is InChI=1S/C21H19FN4O/c1-13-6-17-16(12-26-20(17)25-10-13)7-14-8-18(22)19(24-11-14)9-15-4-3-5-23-21(15)27-2/h3-6,8,10-12H,7,9H2,1-2H3,(H,25,26). The largest absolute Gasteiger partial charge is 0.481 e. The molecule has 0 bridgehead atoms. The van der Waals surface area contributed by atoms with Crippen LogP contribution in [-0.2, 0) is 12.8 Å². The molecular formula is C21H19FN4O. The van der Waals surface area contributed by atoms with Crippen LogP contribution in [0.3, 0.4) is 0 Å². The van der Waals surface area contributed by atoms with Gasteiger partial charge >= 0.3 is 0 Å². The minimum absolute atomic E-state index is 0.326. The predicted octanol–water partition coefficient (Wildman–Crippen LogP) is 3.99. The molecular weight excluding hydrogens is 343 g/mol. The molecule has 0 radical (unpaired) electrons. The molecule has 0 aliphatic heterocycles. The number of methoxy groups -OCH3 is 1. The highest BCUT2D eigenvalue weighted by Gasteiger charge is 2.12. The lowest BCUT2D eigenvalue weighted by molar-refractivity contribution is 0.393. The molecule has 4 aromatic heterocycles. The first-order chi connectivity index (χ1) is 13.1. The number of aromatic nitrogens is 4. The van der Waals surface area contributed by atoms with Crippen molar-refractivity contribution in [1.29, 1.82) is 0 Å². The Balaban J connectivity index is 1.59. The number of aryl methyl sites for hydroxylation is 1. The average molecular weight is 362 g/mol. The number of fused-ring (bicyclic) bond motifs is 1. The maximum absolute atomic E-state index is 14.6. The molecule has 0 unspecified atom stereocenters. The lowest BCUT2D eigenvalue weighted by Crippen LogP contribution is -2.02. The molecule has 1 N–H and O–H groups in total. The first kappa shape index (κ1) is 17.1. The van der Waals surface area contributed by atoms with E-state index < -0.39 is 0 Å². The van der Waals surface area contributed by atoms with Gasteiger partial charge in [0.2, 0.25) is 5.88 Å². The van der Waals surface area contributed by atoms with E-state index in [0.29, 0.717) is 24.4 Å². The summed E-state index contributed by atoms with van der Waals surface area (Å²) in [4.78, 5) is 16.0. The predicted molar refractivity (Wildman–Crippen MR) is 101 cm³/mol. The summed E-state index contributed by atoms with van der Waals surface area (Å²) in [7, 11) is 1.55. The Morgan fingerprint density at radius 2 is 1.96 bits per heavy atom. The lowest BCUT2D eigenvalue weighted by atomic mass is 10.0. The second kappa shape index (κ2) is 7.15. The van der Waals surface area contributed by atoms with Gasteiger partial charge in [-0.25, -0.2) is 14.4 Å². The van der Waals surface area contributed by atoms with E-state index in [2.05, 4.69) is 26.0 Å². The first-order valence-corrected chi connectivity index (χ1v) is 8.68. The molecule has 0 aliphatic carbocycles. The highest BCUT2D eigenvalue weighted by molar-refractivity contribution is 5.80. The van der Waals surface area contributed by atoms with Crippen LogP contribution in [0.4, 0.5) is 4.39 Å². The van der Waals surface area contributed by atoms with Crippen molar-refractivity contribution in [2.24, 2.45) is 0 Å². The molecule has 0 atom stereocenters. The highest BCUT2D eigenvalue weighted by Crippen LogP contribution is 2.23. The average Bonchev–Trinajstić information content (AvgIpc) is 3.06. The van der Waals surface area contributed by atoms with E-state index >= 15 is 0 Å². The van der Waals surface area contributed by atoms with Crippen LogP contribution in [0.25, 0.3) is 11.0 Å². The van der Waals surface area contributed by atoms with E-state index in [1.54, 1.807) is 31.6 Å². The van der Waals surface area contributed by atoms with Crippen LogP contribution in [0, 0.1) is 12.7 Å². The van der Waals surface area contributed by atoms with Crippen LogP contribution in [0.15, 0.2) is 49.1 Å². The third kappa shape index (κ3) is 3.51. The number of nitrogens with one attached hydrogen (secondary N) is 1. The van der Waals surface area contributed by atoms with Gasteiger partial charge in [-0.1, -0.05) is 6.07 Å². The van der Waals surface area contributed by atoms with Gasteiger partial charge in [-0.05, 0) is 41.8 Å². The Morgan fingerprint density at radius 3 is 2.78 bits per heavy atom. The van der Waals surface area contributed by atoms with E-state index in [9.17, 15) is 4.39 Å². The molecule has 4 aromatic rings. The summed E-state index contributed by atoms with van der Waals surface area (Å²) in [6.07, 6.45) is 8.04. The van der Waals surface area contributed by atoms with Gasteiger partial charge in [0, 0.05) is 48.6 Å². The van der Waals surface area contributed by atoms with Crippen LogP contribution in [-0.4, -0.2) is 27.0 Å². The van der Waals surface area contributed by atoms with Crippen molar-refractivity contribution in [2.75, 3.05) is 7.11 Å². The molecule has 0 saturated heterocycles. The quantitative estimate of drug-likeness (QED) is 0.583. The van der Waals surface area contributed by atoms with Crippen molar-refractivity contribution < 1.29 is 9.13 Å². The first-order valence-electron chi connectivity index (χ1n) is 8.68. The van der Waals surface area contributed by atoms with E-state index in [-0.39, 0.29) is 5.82 Å². The summed E-state index contributed by atoms with van der Waals surface area (Å²) in [5.74, 6) is 0.164. The van der Waals surface area contributed by atoms with E-state index in [4.69, 9.17) is 4.74 Å². The molecule has 5 nitrogen and oxygen atoms in total. The van der Waals surface area contributed by atoms with Gasteiger partial charge in [0.15, 0.2) is 0 Å². The number of pyridine rings is 3. The van der Waals surface area contributed by atoms with Gasteiger partial charge in [0.25, 0.3) is 0 Å². The fourth-order valence-corrected chi connectivity index (χ4v) is 3.18. The second-order valence-corrected chi connectivity index (χ2v) is 6.52. The number of hydrogen-bond acceptors (Lipinski definition) is 4. The summed E-state index contributed by atoms with van der Waals surface area (Å²) in [6, 6.07) is 7.30. The zero-order valence-corrected chi connectivity index (χ0v) is 15.2. The number of hydrogen-bond donors (Lipinski definition) is 1. The summed E-state index contributed by atoms with van der Waals surface area (Å²) in [6.45, 7) is 2.01. The van der Waals surface area contributed by atoms with Crippen molar-refractivity contribution in [3.8, 4) is 5.88 Å². The Kier molecular flexibility index (Phi) is 4.54. The van der Waals surface area contributed by atoms with Crippen LogP contribution >= 0.6 is 0 Å². The lowest BCUT2D eigenvalue weighted by Gasteiger charge is -2.08. The van der Waals surface area contributed by atoms with Crippen molar-refractivity contribution in [3.63, 3.8) is 0 Å². The van der Waals surface area contributed by atoms with Crippen molar-refractivity contribution in [2.45, 2.75) is 19.8 Å². The number of ether oxygens (including phenoxy) is 1. The molecule has 0 saturated carbocycles. The minimum atomic E-state index is -0.326. The highest BCUT2D eigenvalue weighted by atomic mass is 19.1. The zero-order valence-electron chi connectivity index (χ0n) is 15.2. The van der Waals surface area contributed by atoms with Gasteiger partial charge in [0.1, 0.15) is 11.5 Å². The molecule has 136 valence electrons. The number of rotatable bonds is 5. The minimum Gasteiger partial charge on any atom is -0.481 e. The fraction of sp³-hybridized carbons (Fsp3) is 0.190. The molecule has 6 heteroatoms. The molecule has 4 heterocycles. The fourth-order valence-electron chi connectivity index (χ4n) is 3.18. The van der Waals surface area contributed by atoms with Gasteiger partial charge < -0.3 is 9.72 Å². The Hall–Kier alpha value is -3.28. The van der Waals surface area contributed by atoms with Crippen LogP contribution in [0.5, 0.6) is 5.88 Å². The number of nitrogens with zero attached hydrogens (tertiary/aromatic N) is 3. The SMILES string of the molecule is COc1ncccc1Cc1ncc(Cc2c[nH]c3ncc(C)cc23)cc1F. The van der Waals surface area contributed by atoms with Crippen molar-refractivity contribution >= 4 is 11.0 Å². The Morgan fingerprint density at radius 1 is 1.07 bits per heavy atom. The maximum Gasteiger partial charge on any atom is 0.216 e. The summed E-state index contributed by atoms with van der Waals surface area (Å²) >= 11 is 0. The van der Waals surface area contributed by atoms with Crippen LogP contribution in [0.2, 0.25) is 0 Å². The van der Waals surface area contributed by atoms with Gasteiger partial charge in [-0.2, -0.15) is 0 Å². The van der Waals surface area contributed by atoms with Crippen LogP contribution in [0.1, 0.15) is 27.9 Å². The summed E-state index contributed by atoms with van der Waals surface area (Å²) in [5.41, 5.74) is 5.00. The zero-order chi connectivity index (χ0) is 18.8. The monoisotopic (exact) mass is 362 g/mol. The normalized spacial score (nSPS) is 11.1. The molecule has 0 amide bonds. The van der Waals surface area contributed by atoms with Gasteiger partial charge in [-0.3, -0.25) is 4.98 Å². The maximum atomic E-state index is 14.6. The van der Waals surface area contributed by atoms with E-state index in [0.717, 1.165) is 33.3 Å². The molecule has 0 spiro atoms. The summed E-state index contributed by atoms with van der Waals surface area (Å²) in [5, 5.41) is 1.06. The van der Waals surface area contributed by atoms with Crippen molar-refractivity contribution in [1.82, 2.24) is 19.9 Å². The number of halogens is 1.